The van der Waals surface area contributed by atoms with Crippen LogP contribution in [0, 0.1) is 15.9 Å². The maximum Gasteiger partial charge on any atom is 0.363 e. The molecule has 0 saturated carbocycles. The van der Waals surface area contributed by atoms with Crippen molar-refractivity contribution in [2.45, 2.75) is 13.5 Å². The van der Waals surface area contributed by atoms with E-state index in [-0.39, 0.29) is 23.9 Å². The predicted molar refractivity (Wildman–Crippen MR) is 130 cm³/mol. The van der Waals surface area contributed by atoms with Gasteiger partial charge in [-0.05, 0) is 88.6 Å². The summed E-state index contributed by atoms with van der Waals surface area (Å²) in [6.07, 6.45) is 1.55. The molecule has 178 valence electrons. The highest BCUT2D eigenvalue weighted by atomic mass is 79.9. The third-order valence-corrected chi connectivity index (χ3v) is 5.47. The molecule has 35 heavy (non-hydrogen) atoms. The van der Waals surface area contributed by atoms with Crippen LogP contribution < -0.4 is 9.47 Å². The number of non-ortho nitro benzene ring substituents is 1. The van der Waals surface area contributed by atoms with Crippen molar-refractivity contribution >= 4 is 39.6 Å². The maximum absolute atomic E-state index is 13.2. The van der Waals surface area contributed by atoms with Gasteiger partial charge in [-0.25, -0.2) is 14.2 Å². The van der Waals surface area contributed by atoms with Crippen molar-refractivity contribution < 1.29 is 28.3 Å². The van der Waals surface area contributed by atoms with E-state index < -0.39 is 16.7 Å². The lowest BCUT2D eigenvalue weighted by molar-refractivity contribution is -0.384. The number of carbonyl (C=O) groups excluding carboxylic acids is 1. The summed E-state index contributed by atoms with van der Waals surface area (Å²) in [6, 6.07) is 15.0. The summed E-state index contributed by atoms with van der Waals surface area (Å²) in [5.41, 5.74) is 1.91. The zero-order chi connectivity index (χ0) is 24.9. The first-order valence-corrected chi connectivity index (χ1v) is 11.2. The molecule has 10 heteroatoms. The molecule has 3 aromatic rings. The Bertz CT molecular complexity index is 1340. The van der Waals surface area contributed by atoms with Gasteiger partial charge in [0.2, 0.25) is 5.90 Å². The number of esters is 1. The molecule has 1 heterocycles. The standard InChI is InChI=1S/C25H18BrFN2O6/c1-2-33-22-13-16(12-21-25(30)35-24(28-21)17-5-7-18(27)8-6-17)11-20(26)23(22)34-14-15-3-9-19(10-4-15)29(31)32/h3-13H,2,14H2,1H3/b21-12-. The number of hydrogen-bond donors (Lipinski definition) is 0. The molecule has 8 nitrogen and oxygen atoms in total. The smallest absolute Gasteiger partial charge is 0.363 e. The van der Waals surface area contributed by atoms with Crippen molar-refractivity contribution in [3.63, 3.8) is 0 Å². The minimum absolute atomic E-state index is 0.00184. The molecule has 3 aromatic carbocycles. The number of halogens is 2. The van der Waals surface area contributed by atoms with Crippen molar-refractivity contribution in [1.82, 2.24) is 0 Å². The number of rotatable bonds is 8. The molecule has 4 rings (SSSR count). The Kier molecular flexibility index (Phi) is 7.21. The van der Waals surface area contributed by atoms with E-state index in [0.29, 0.717) is 33.7 Å². The summed E-state index contributed by atoms with van der Waals surface area (Å²) in [4.78, 5) is 26.9. The highest BCUT2D eigenvalue weighted by molar-refractivity contribution is 9.10. The van der Waals surface area contributed by atoms with Crippen LogP contribution in [-0.4, -0.2) is 23.4 Å². The third kappa shape index (κ3) is 5.72. The van der Waals surface area contributed by atoms with Gasteiger partial charge in [0.1, 0.15) is 12.4 Å². The molecule has 1 aliphatic heterocycles. The van der Waals surface area contributed by atoms with Gasteiger partial charge in [0, 0.05) is 17.7 Å². The van der Waals surface area contributed by atoms with Crippen molar-refractivity contribution in [3.05, 3.63) is 103 Å². The van der Waals surface area contributed by atoms with Crippen molar-refractivity contribution in [1.29, 1.82) is 0 Å². The van der Waals surface area contributed by atoms with Crippen molar-refractivity contribution in [2.75, 3.05) is 6.61 Å². The molecule has 0 aliphatic carbocycles. The van der Waals surface area contributed by atoms with Gasteiger partial charge >= 0.3 is 5.97 Å². The van der Waals surface area contributed by atoms with E-state index in [2.05, 4.69) is 20.9 Å². The van der Waals surface area contributed by atoms with Gasteiger partial charge in [-0.2, -0.15) is 0 Å². The fraction of sp³-hybridized carbons (Fsp3) is 0.120. The predicted octanol–water partition coefficient (Wildman–Crippen LogP) is 5.82. The van der Waals surface area contributed by atoms with E-state index in [1.54, 1.807) is 30.3 Å². The summed E-state index contributed by atoms with van der Waals surface area (Å²) in [6.45, 7) is 2.36. The first kappa shape index (κ1) is 24.1. The molecule has 0 fully saturated rings. The zero-order valence-corrected chi connectivity index (χ0v) is 20.0. The lowest BCUT2D eigenvalue weighted by Crippen LogP contribution is -2.05. The van der Waals surface area contributed by atoms with E-state index in [9.17, 15) is 19.3 Å². The van der Waals surface area contributed by atoms with Crippen molar-refractivity contribution in [3.8, 4) is 11.5 Å². The number of nitrogens with zero attached hydrogens (tertiary/aromatic N) is 2. The van der Waals surface area contributed by atoms with Crippen LogP contribution in [0.3, 0.4) is 0 Å². The molecule has 0 radical (unpaired) electrons. The van der Waals surface area contributed by atoms with E-state index >= 15 is 0 Å². The summed E-state index contributed by atoms with van der Waals surface area (Å²) in [7, 11) is 0. The Balaban J connectivity index is 1.57. The average Bonchev–Trinajstić information content (AvgIpc) is 3.19. The van der Waals surface area contributed by atoms with Crippen LogP contribution in [0.1, 0.15) is 23.6 Å². The first-order chi connectivity index (χ1) is 16.8. The highest BCUT2D eigenvalue weighted by Gasteiger charge is 2.24. The highest BCUT2D eigenvalue weighted by Crippen LogP contribution is 2.38. The fourth-order valence-corrected chi connectivity index (χ4v) is 3.80. The summed E-state index contributed by atoms with van der Waals surface area (Å²) in [5.74, 6) is -0.0643. The number of benzene rings is 3. The lowest BCUT2D eigenvalue weighted by Gasteiger charge is -2.15. The van der Waals surface area contributed by atoms with Crippen LogP contribution in [0.4, 0.5) is 10.1 Å². The second-order valence-electron chi connectivity index (χ2n) is 7.32. The van der Waals surface area contributed by atoms with Crippen molar-refractivity contribution in [2.24, 2.45) is 4.99 Å². The largest absolute Gasteiger partial charge is 0.490 e. The van der Waals surface area contributed by atoms with Crippen LogP contribution in [0.2, 0.25) is 0 Å². The van der Waals surface area contributed by atoms with E-state index in [1.165, 1.54) is 36.4 Å². The van der Waals surface area contributed by atoms with E-state index in [1.807, 2.05) is 6.92 Å². The van der Waals surface area contributed by atoms with E-state index in [0.717, 1.165) is 5.56 Å². The minimum Gasteiger partial charge on any atom is -0.490 e. The van der Waals surface area contributed by atoms with Crippen LogP contribution in [0.5, 0.6) is 11.5 Å². The molecule has 0 atom stereocenters. The molecule has 1 aliphatic rings. The van der Waals surface area contributed by atoms with Gasteiger partial charge in [0.15, 0.2) is 17.2 Å². The lowest BCUT2D eigenvalue weighted by atomic mass is 10.1. The molecule has 0 spiro atoms. The Morgan fingerprint density at radius 3 is 2.49 bits per heavy atom. The molecule has 0 N–H and O–H groups in total. The number of ether oxygens (including phenoxy) is 3. The van der Waals surface area contributed by atoms with Gasteiger partial charge in [0.05, 0.1) is 16.0 Å². The normalized spacial score (nSPS) is 14.0. The van der Waals surface area contributed by atoms with Crippen LogP contribution in [0.25, 0.3) is 6.08 Å². The minimum atomic E-state index is -0.628. The van der Waals surface area contributed by atoms with Crippen LogP contribution >= 0.6 is 15.9 Å². The summed E-state index contributed by atoms with van der Waals surface area (Å²) >= 11 is 3.48. The molecule has 0 amide bonds. The van der Waals surface area contributed by atoms with Gasteiger partial charge in [-0.15, -0.1) is 0 Å². The average molecular weight is 541 g/mol. The molecule has 0 saturated heterocycles. The first-order valence-electron chi connectivity index (χ1n) is 10.4. The Hall–Kier alpha value is -4.05. The topological polar surface area (TPSA) is 100 Å². The van der Waals surface area contributed by atoms with Crippen LogP contribution in [-0.2, 0) is 16.1 Å². The molecular formula is C25H18BrFN2O6. The number of carbonyl (C=O) groups is 1. The Morgan fingerprint density at radius 2 is 1.83 bits per heavy atom. The molecule has 0 unspecified atom stereocenters. The van der Waals surface area contributed by atoms with Gasteiger partial charge in [0.25, 0.3) is 5.69 Å². The summed E-state index contributed by atoms with van der Waals surface area (Å²) < 4.78 is 30.6. The number of nitro benzene ring substituents is 1. The van der Waals surface area contributed by atoms with E-state index in [4.69, 9.17) is 14.2 Å². The monoisotopic (exact) mass is 540 g/mol. The Morgan fingerprint density at radius 1 is 1.11 bits per heavy atom. The maximum atomic E-state index is 13.2. The number of hydrogen-bond acceptors (Lipinski definition) is 7. The molecule has 0 bridgehead atoms. The zero-order valence-electron chi connectivity index (χ0n) is 18.4. The molecular weight excluding hydrogens is 523 g/mol. The van der Waals surface area contributed by atoms with Crippen LogP contribution in [0.15, 0.2) is 75.8 Å². The van der Waals surface area contributed by atoms with Gasteiger partial charge in [-0.3, -0.25) is 10.1 Å². The number of cyclic esters (lactones) is 1. The summed E-state index contributed by atoms with van der Waals surface area (Å²) in [5, 5.41) is 10.8. The molecule has 0 aromatic heterocycles. The second kappa shape index (κ2) is 10.5. The number of aliphatic imine (C=N–C) groups is 1. The van der Waals surface area contributed by atoms with Gasteiger partial charge < -0.3 is 14.2 Å². The third-order valence-electron chi connectivity index (χ3n) is 4.88. The van der Waals surface area contributed by atoms with Gasteiger partial charge in [-0.1, -0.05) is 0 Å². The number of nitro groups is 1. The SMILES string of the molecule is CCOc1cc(/C=C2\N=C(c3ccc(F)cc3)OC2=O)cc(Br)c1OCc1ccc([N+](=O)[O-])cc1. The Labute approximate surface area is 207 Å². The quantitative estimate of drug-likeness (QED) is 0.154. The fourth-order valence-electron chi connectivity index (χ4n) is 3.23. The second-order valence-corrected chi connectivity index (χ2v) is 8.17.